The second-order valence-corrected chi connectivity index (χ2v) is 7.57. The number of aryl methyl sites for hydroxylation is 2. The summed E-state index contributed by atoms with van der Waals surface area (Å²) in [6.45, 7) is 3.46. The van der Waals surface area contributed by atoms with Gasteiger partial charge in [-0.25, -0.2) is 0 Å². The first-order valence-corrected chi connectivity index (χ1v) is 10.2. The molecular formula is C21H22F3N5O3. The average Bonchev–Trinajstić information content (AvgIpc) is 3.40. The number of nitrogens with zero attached hydrogens (tertiary/aromatic N) is 5. The van der Waals surface area contributed by atoms with E-state index < -0.39 is 17.8 Å². The third-order valence-corrected chi connectivity index (χ3v) is 5.26. The lowest BCUT2D eigenvalue weighted by Crippen LogP contribution is -2.42. The van der Waals surface area contributed by atoms with Gasteiger partial charge in [0.2, 0.25) is 5.91 Å². The highest BCUT2D eigenvalue weighted by molar-refractivity contribution is 5.76. The summed E-state index contributed by atoms with van der Waals surface area (Å²) in [4.78, 5) is 18.6. The molecule has 1 aromatic carbocycles. The Hall–Kier alpha value is -3.21. The molecule has 0 saturated carbocycles. The van der Waals surface area contributed by atoms with Crippen LogP contribution in [-0.2, 0) is 28.7 Å². The van der Waals surface area contributed by atoms with Gasteiger partial charge in [0, 0.05) is 37.8 Å². The summed E-state index contributed by atoms with van der Waals surface area (Å²) >= 11 is 0. The van der Waals surface area contributed by atoms with Crippen molar-refractivity contribution >= 4 is 5.91 Å². The van der Waals surface area contributed by atoms with E-state index in [0.717, 1.165) is 17.8 Å². The monoisotopic (exact) mass is 449 g/mol. The van der Waals surface area contributed by atoms with E-state index in [1.54, 1.807) is 21.8 Å². The molecule has 0 bridgehead atoms. The van der Waals surface area contributed by atoms with E-state index in [2.05, 4.69) is 15.2 Å². The van der Waals surface area contributed by atoms with Crippen LogP contribution < -0.4 is 0 Å². The lowest BCUT2D eigenvalue weighted by atomic mass is 10.1. The smallest absolute Gasteiger partial charge is 0.365 e. The van der Waals surface area contributed by atoms with Gasteiger partial charge >= 0.3 is 6.18 Å². The van der Waals surface area contributed by atoms with Crippen molar-refractivity contribution in [3.8, 4) is 0 Å². The third kappa shape index (κ3) is 5.16. The van der Waals surface area contributed by atoms with Crippen LogP contribution in [0.1, 0.15) is 41.1 Å². The molecule has 11 heteroatoms. The molecule has 0 N–H and O–H groups in total. The minimum absolute atomic E-state index is 0.0306. The normalized spacial score (nSPS) is 17.0. The molecule has 1 amide bonds. The summed E-state index contributed by atoms with van der Waals surface area (Å²) in [5.74, 6) is 0.421. The molecule has 1 aliphatic heterocycles. The Labute approximate surface area is 182 Å². The molecule has 1 aliphatic rings. The first kappa shape index (κ1) is 22.0. The Morgan fingerprint density at radius 2 is 2.12 bits per heavy atom. The van der Waals surface area contributed by atoms with Gasteiger partial charge in [0.1, 0.15) is 0 Å². The molecule has 32 heavy (non-hydrogen) atoms. The van der Waals surface area contributed by atoms with E-state index in [0.29, 0.717) is 31.7 Å². The van der Waals surface area contributed by atoms with Crippen LogP contribution in [0.15, 0.2) is 41.1 Å². The van der Waals surface area contributed by atoms with E-state index in [9.17, 15) is 18.0 Å². The van der Waals surface area contributed by atoms with Gasteiger partial charge in [-0.1, -0.05) is 23.4 Å². The molecule has 4 rings (SSSR count). The fourth-order valence-corrected chi connectivity index (χ4v) is 3.53. The van der Waals surface area contributed by atoms with E-state index in [1.165, 1.54) is 6.07 Å². The number of rotatable bonds is 6. The number of carbonyl (C=O) groups is 1. The molecular weight excluding hydrogens is 427 g/mol. The van der Waals surface area contributed by atoms with Gasteiger partial charge in [0.15, 0.2) is 11.9 Å². The highest BCUT2D eigenvalue weighted by Crippen LogP contribution is 2.30. The lowest BCUT2D eigenvalue weighted by Gasteiger charge is -2.31. The van der Waals surface area contributed by atoms with Gasteiger partial charge in [0.05, 0.1) is 18.7 Å². The van der Waals surface area contributed by atoms with Crippen molar-refractivity contribution in [3.63, 3.8) is 0 Å². The number of amides is 1. The number of alkyl halides is 3. The van der Waals surface area contributed by atoms with Gasteiger partial charge in [-0.2, -0.15) is 23.3 Å². The molecule has 3 heterocycles. The van der Waals surface area contributed by atoms with Crippen molar-refractivity contribution in [2.24, 2.45) is 0 Å². The van der Waals surface area contributed by atoms with Crippen molar-refractivity contribution in [1.82, 2.24) is 24.8 Å². The van der Waals surface area contributed by atoms with Gasteiger partial charge in [-0.3, -0.25) is 9.48 Å². The fourth-order valence-electron chi connectivity index (χ4n) is 3.53. The Morgan fingerprint density at radius 1 is 1.28 bits per heavy atom. The maximum absolute atomic E-state index is 12.9. The standard InChI is InChI=1S/C21H22F3N5O3/c1-14-5-7-25-29(14)8-6-19(30)28-9-10-31-17(13-28)20-26-18(27-32-20)12-15-3-2-4-16(11-15)21(22,23)24/h2-5,7,11,17H,6,8-10,12-13H2,1H3/t17-/m0/s1. The van der Waals surface area contributed by atoms with Crippen LogP contribution in [0.3, 0.4) is 0 Å². The third-order valence-electron chi connectivity index (χ3n) is 5.26. The zero-order chi connectivity index (χ0) is 22.7. The highest BCUT2D eigenvalue weighted by Gasteiger charge is 2.31. The molecule has 8 nitrogen and oxygen atoms in total. The van der Waals surface area contributed by atoms with E-state index >= 15 is 0 Å². The van der Waals surface area contributed by atoms with Crippen LogP contribution in [-0.4, -0.2) is 50.4 Å². The summed E-state index contributed by atoms with van der Waals surface area (Å²) in [5.41, 5.74) is 0.674. The maximum atomic E-state index is 12.9. The maximum Gasteiger partial charge on any atom is 0.416 e. The van der Waals surface area contributed by atoms with Crippen LogP contribution in [0.25, 0.3) is 0 Å². The number of aromatic nitrogens is 4. The number of benzene rings is 1. The van der Waals surface area contributed by atoms with E-state index in [-0.39, 0.29) is 30.6 Å². The zero-order valence-corrected chi connectivity index (χ0v) is 17.4. The first-order chi connectivity index (χ1) is 15.3. The van der Waals surface area contributed by atoms with Crippen molar-refractivity contribution in [2.45, 2.75) is 38.6 Å². The number of hydrogen-bond acceptors (Lipinski definition) is 6. The van der Waals surface area contributed by atoms with Crippen LogP contribution in [0.4, 0.5) is 13.2 Å². The summed E-state index contributed by atoms with van der Waals surface area (Å²) in [7, 11) is 0. The number of halogens is 3. The van der Waals surface area contributed by atoms with Crippen LogP contribution in [0.2, 0.25) is 0 Å². The van der Waals surface area contributed by atoms with Gasteiger partial charge in [-0.15, -0.1) is 0 Å². The Bertz CT molecular complexity index is 1080. The average molecular weight is 449 g/mol. The summed E-state index contributed by atoms with van der Waals surface area (Å²) in [6.07, 6.45) is -2.91. The molecule has 1 atom stereocenters. The quantitative estimate of drug-likeness (QED) is 0.575. The van der Waals surface area contributed by atoms with E-state index in [1.807, 2.05) is 13.0 Å². The van der Waals surface area contributed by atoms with Gasteiger partial charge in [0.25, 0.3) is 5.89 Å². The number of carbonyl (C=O) groups excluding carboxylic acids is 1. The Balaban J connectivity index is 1.36. The van der Waals surface area contributed by atoms with Gasteiger partial charge in [-0.05, 0) is 24.6 Å². The lowest BCUT2D eigenvalue weighted by molar-refractivity contribution is -0.140. The van der Waals surface area contributed by atoms with Crippen LogP contribution in [0, 0.1) is 6.92 Å². The molecule has 0 aliphatic carbocycles. The predicted molar refractivity (Wildman–Crippen MR) is 105 cm³/mol. The second kappa shape index (κ2) is 9.11. The van der Waals surface area contributed by atoms with Gasteiger partial charge < -0.3 is 14.2 Å². The summed E-state index contributed by atoms with van der Waals surface area (Å²) in [5, 5.41) is 8.04. The first-order valence-electron chi connectivity index (χ1n) is 10.2. The van der Waals surface area contributed by atoms with Crippen molar-refractivity contribution in [3.05, 3.63) is 65.1 Å². The molecule has 170 valence electrons. The fraction of sp³-hybridized carbons (Fsp3) is 0.429. The largest absolute Gasteiger partial charge is 0.416 e. The number of ether oxygens (including phenoxy) is 1. The summed E-state index contributed by atoms with van der Waals surface area (Å²) in [6, 6.07) is 6.87. The Kier molecular flexibility index (Phi) is 6.26. The minimum atomic E-state index is -4.42. The molecule has 0 radical (unpaired) electrons. The van der Waals surface area contributed by atoms with Crippen molar-refractivity contribution in [1.29, 1.82) is 0 Å². The molecule has 3 aromatic rings. The molecule has 1 fully saturated rings. The molecule has 0 unspecified atom stereocenters. The number of morpholine rings is 1. The van der Waals surface area contributed by atoms with Crippen LogP contribution in [0.5, 0.6) is 0 Å². The molecule has 1 saturated heterocycles. The summed E-state index contributed by atoms with van der Waals surface area (Å²) < 4.78 is 51.5. The second-order valence-electron chi connectivity index (χ2n) is 7.57. The van der Waals surface area contributed by atoms with Crippen molar-refractivity contribution < 1.29 is 27.2 Å². The van der Waals surface area contributed by atoms with Crippen LogP contribution >= 0.6 is 0 Å². The SMILES string of the molecule is Cc1ccnn1CCC(=O)N1CCO[C@H](c2nc(Cc3cccc(C(F)(F)F)c3)no2)C1. The molecule has 2 aromatic heterocycles. The van der Waals surface area contributed by atoms with Crippen molar-refractivity contribution in [2.75, 3.05) is 19.7 Å². The molecule has 0 spiro atoms. The Morgan fingerprint density at radius 3 is 2.88 bits per heavy atom. The highest BCUT2D eigenvalue weighted by atomic mass is 19.4. The zero-order valence-electron chi connectivity index (χ0n) is 17.4. The predicted octanol–water partition coefficient (Wildman–Crippen LogP) is 3.17. The topological polar surface area (TPSA) is 86.3 Å². The number of hydrogen-bond donors (Lipinski definition) is 0. The minimum Gasteiger partial charge on any atom is -0.365 e. The van der Waals surface area contributed by atoms with E-state index in [4.69, 9.17) is 9.26 Å².